The molecule has 0 amide bonds. The highest BCUT2D eigenvalue weighted by Crippen LogP contribution is 2.18. The maximum Gasteiger partial charge on any atom is 0.167 e. The SMILES string of the molecule is Cc1cc(C)nc([C@H](C#N)C(=O)CSCc2ccncc2)n1. The zero-order valence-corrected chi connectivity index (χ0v) is 13.3. The van der Waals surface area contributed by atoms with Gasteiger partial charge < -0.3 is 0 Å². The molecule has 0 aliphatic rings. The molecule has 2 heterocycles. The first-order chi connectivity index (χ1) is 10.6. The van der Waals surface area contributed by atoms with E-state index in [0.717, 1.165) is 17.0 Å². The second-order valence-electron chi connectivity index (χ2n) is 4.89. The van der Waals surface area contributed by atoms with Crippen LogP contribution in [-0.2, 0) is 10.5 Å². The van der Waals surface area contributed by atoms with Crippen LogP contribution in [0.3, 0.4) is 0 Å². The number of nitriles is 1. The van der Waals surface area contributed by atoms with Crippen LogP contribution in [0.5, 0.6) is 0 Å². The van der Waals surface area contributed by atoms with Gasteiger partial charge in [0.1, 0.15) is 0 Å². The number of hydrogen-bond acceptors (Lipinski definition) is 6. The molecule has 0 unspecified atom stereocenters. The molecule has 0 aliphatic carbocycles. The van der Waals surface area contributed by atoms with E-state index in [1.165, 1.54) is 11.8 Å². The molecule has 0 fully saturated rings. The second kappa shape index (κ2) is 7.66. The fourth-order valence-electron chi connectivity index (χ4n) is 1.99. The molecule has 1 atom stereocenters. The summed E-state index contributed by atoms with van der Waals surface area (Å²) in [5, 5.41) is 9.28. The first-order valence-electron chi connectivity index (χ1n) is 6.81. The highest BCUT2D eigenvalue weighted by Gasteiger charge is 2.23. The number of ketones is 1. The van der Waals surface area contributed by atoms with Crippen molar-refractivity contribution < 1.29 is 4.79 Å². The number of aromatic nitrogens is 3. The molecule has 22 heavy (non-hydrogen) atoms. The van der Waals surface area contributed by atoms with E-state index in [1.54, 1.807) is 12.4 Å². The Morgan fingerprint density at radius 3 is 2.50 bits per heavy atom. The van der Waals surface area contributed by atoms with Crippen LogP contribution in [0.1, 0.15) is 28.7 Å². The molecule has 0 radical (unpaired) electrons. The molecule has 0 spiro atoms. The van der Waals surface area contributed by atoms with Crippen molar-refractivity contribution in [1.82, 2.24) is 15.0 Å². The van der Waals surface area contributed by atoms with Crippen molar-refractivity contribution in [2.75, 3.05) is 5.75 Å². The van der Waals surface area contributed by atoms with Gasteiger partial charge in [-0.15, -0.1) is 11.8 Å². The molecule has 0 saturated carbocycles. The first-order valence-corrected chi connectivity index (χ1v) is 7.97. The van der Waals surface area contributed by atoms with Crippen LogP contribution >= 0.6 is 11.8 Å². The zero-order chi connectivity index (χ0) is 15.9. The maximum absolute atomic E-state index is 12.3. The monoisotopic (exact) mass is 312 g/mol. The fourth-order valence-corrected chi connectivity index (χ4v) is 2.89. The molecule has 2 rings (SSSR count). The van der Waals surface area contributed by atoms with Crippen LogP contribution in [-0.4, -0.2) is 26.5 Å². The molecule has 0 bridgehead atoms. The lowest BCUT2D eigenvalue weighted by molar-refractivity contribution is -0.117. The molecule has 6 heteroatoms. The minimum atomic E-state index is -0.899. The number of rotatable bonds is 6. The average molecular weight is 312 g/mol. The van der Waals surface area contributed by atoms with Crippen molar-refractivity contribution in [3.05, 3.63) is 53.4 Å². The van der Waals surface area contributed by atoms with Crippen molar-refractivity contribution in [1.29, 1.82) is 5.26 Å². The predicted molar refractivity (Wildman–Crippen MR) is 85.3 cm³/mol. The number of Topliss-reactive ketones (excluding diaryl/α,β-unsaturated/α-hetero) is 1. The summed E-state index contributed by atoms with van der Waals surface area (Å²) in [7, 11) is 0. The lowest BCUT2D eigenvalue weighted by Crippen LogP contribution is -2.17. The highest BCUT2D eigenvalue weighted by molar-refractivity contribution is 7.99. The molecular weight excluding hydrogens is 296 g/mol. The zero-order valence-electron chi connectivity index (χ0n) is 12.5. The van der Waals surface area contributed by atoms with Crippen molar-refractivity contribution in [3.8, 4) is 6.07 Å². The lowest BCUT2D eigenvalue weighted by Gasteiger charge is -2.08. The fraction of sp³-hybridized carbons (Fsp3) is 0.312. The van der Waals surface area contributed by atoms with Crippen molar-refractivity contribution >= 4 is 17.5 Å². The van der Waals surface area contributed by atoms with Gasteiger partial charge in [0.25, 0.3) is 0 Å². The van der Waals surface area contributed by atoms with Gasteiger partial charge in [0.2, 0.25) is 0 Å². The minimum Gasteiger partial charge on any atom is -0.297 e. The van der Waals surface area contributed by atoms with Crippen LogP contribution in [0.25, 0.3) is 0 Å². The molecule has 0 N–H and O–H groups in total. The Kier molecular flexibility index (Phi) is 5.61. The van der Waals surface area contributed by atoms with Gasteiger partial charge in [-0.1, -0.05) is 0 Å². The molecule has 2 aromatic heterocycles. The number of aryl methyl sites for hydroxylation is 2. The van der Waals surface area contributed by atoms with E-state index in [1.807, 2.05) is 38.1 Å². The number of hydrogen-bond donors (Lipinski definition) is 0. The standard InChI is InChI=1S/C16H16N4OS/c1-11-7-12(2)20-16(19-11)14(8-17)15(21)10-22-9-13-3-5-18-6-4-13/h3-7,14H,9-10H2,1-2H3/t14-/m1/s1. The van der Waals surface area contributed by atoms with Gasteiger partial charge >= 0.3 is 0 Å². The summed E-state index contributed by atoms with van der Waals surface area (Å²) < 4.78 is 0. The molecule has 0 aromatic carbocycles. The van der Waals surface area contributed by atoms with Crippen LogP contribution in [0.2, 0.25) is 0 Å². The third-order valence-electron chi connectivity index (χ3n) is 2.97. The summed E-state index contributed by atoms with van der Waals surface area (Å²) in [6.07, 6.45) is 3.44. The van der Waals surface area contributed by atoms with Crippen molar-refractivity contribution in [2.45, 2.75) is 25.5 Å². The molecule has 2 aromatic rings. The van der Waals surface area contributed by atoms with Gasteiger partial charge in [-0.2, -0.15) is 5.26 Å². The summed E-state index contributed by atoms with van der Waals surface area (Å²) in [6, 6.07) is 7.66. The second-order valence-corrected chi connectivity index (χ2v) is 5.87. The number of nitrogens with zero attached hydrogens (tertiary/aromatic N) is 4. The van der Waals surface area contributed by atoms with Crippen molar-refractivity contribution in [2.24, 2.45) is 0 Å². The first kappa shape index (κ1) is 16.1. The Bertz CT molecular complexity index is 677. The van der Waals surface area contributed by atoms with Gasteiger partial charge in [0, 0.05) is 29.5 Å². The Morgan fingerprint density at radius 1 is 1.27 bits per heavy atom. The number of carbonyl (C=O) groups excluding carboxylic acids is 1. The van der Waals surface area contributed by atoms with Gasteiger partial charge in [-0.25, -0.2) is 9.97 Å². The van der Waals surface area contributed by atoms with E-state index in [-0.39, 0.29) is 11.5 Å². The van der Waals surface area contributed by atoms with Crippen molar-refractivity contribution in [3.63, 3.8) is 0 Å². The number of pyridine rings is 1. The number of carbonyl (C=O) groups is 1. The molecular formula is C16H16N4OS. The topological polar surface area (TPSA) is 79.5 Å². The Morgan fingerprint density at radius 2 is 1.91 bits per heavy atom. The van der Waals surface area contributed by atoms with E-state index in [9.17, 15) is 10.1 Å². The van der Waals surface area contributed by atoms with E-state index in [4.69, 9.17) is 0 Å². The highest BCUT2D eigenvalue weighted by atomic mass is 32.2. The Hall–Kier alpha value is -2.26. The van der Waals surface area contributed by atoms with Crippen LogP contribution < -0.4 is 0 Å². The summed E-state index contributed by atoms with van der Waals surface area (Å²) in [5.41, 5.74) is 2.63. The third kappa shape index (κ3) is 4.37. The maximum atomic E-state index is 12.3. The minimum absolute atomic E-state index is 0.161. The molecule has 0 aliphatic heterocycles. The van der Waals surface area contributed by atoms with Gasteiger partial charge in [0.15, 0.2) is 17.5 Å². The quantitative estimate of drug-likeness (QED) is 0.815. The summed E-state index contributed by atoms with van der Waals surface area (Å²) in [5.74, 6) is 0.210. The van der Waals surface area contributed by atoms with Gasteiger partial charge in [-0.05, 0) is 37.6 Å². The number of thioether (sulfide) groups is 1. The van der Waals surface area contributed by atoms with Crippen LogP contribution in [0.4, 0.5) is 0 Å². The smallest absolute Gasteiger partial charge is 0.167 e. The van der Waals surface area contributed by atoms with E-state index < -0.39 is 5.92 Å². The van der Waals surface area contributed by atoms with Crippen LogP contribution in [0.15, 0.2) is 30.6 Å². The predicted octanol–water partition coefficient (Wildman–Crippen LogP) is 2.60. The summed E-state index contributed by atoms with van der Waals surface area (Å²) in [4.78, 5) is 24.6. The van der Waals surface area contributed by atoms with E-state index in [2.05, 4.69) is 15.0 Å². The van der Waals surface area contributed by atoms with E-state index in [0.29, 0.717) is 11.6 Å². The average Bonchev–Trinajstić information content (AvgIpc) is 2.48. The third-order valence-corrected chi connectivity index (χ3v) is 4.00. The van der Waals surface area contributed by atoms with E-state index >= 15 is 0 Å². The van der Waals surface area contributed by atoms with Gasteiger partial charge in [-0.3, -0.25) is 9.78 Å². The Balaban J connectivity index is 1.99. The van der Waals surface area contributed by atoms with Crippen LogP contribution in [0, 0.1) is 25.2 Å². The lowest BCUT2D eigenvalue weighted by atomic mass is 10.1. The van der Waals surface area contributed by atoms with Gasteiger partial charge in [0.05, 0.1) is 11.8 Å². The summed E-state index contributed by atoms with van der Waals surface area (Å²) in [6.45, 7) is 3.66. The molecule has 112 valence electrons. The normalized spacial score (nSPS) is 11.7. The Labute approximate surface area is 133 Å². The summed E-state index contributed by atoms with van der Waals surface area (Å²) >= 11 is 1.48. The molecule has 5 nitrogen and oxygen atoms in total. The molecule has 0 saturated heterocycles. The largest absolute Gasteiger partial charge is 0.297 e.